The Bertz CT molecular complexity index is 454. The summed E-state index contributed by atoms with van der Waals surface area (Å²) in [4.78, 5) is 10.3. The quantitative estimate of drug-likeness (QED) is 0.889. The van der Waals surface area contributed by atoms with E-state index in [0.717, 1.165) is 23.5 Å². The topological polar surface area (TPSA) is 40.6 Å². The number of rotatable bonds is 5. The van der Waals surface area contributed by atoms with Crippen LogP contribution in [0.1, 0.15) is 17.7 Å². The van der Waals surface area contributed by atoms with E-state index in [-0.39, 0.29) is 0 Å². The minimum absolute atomic E-state index is 0.632. The third-order valence-electron chi connectivity index (χ3n) is 4.41. The molecule has 4 heterocycles. The molecule has 20 heavy (non-hydrogen) atoms. The van der Waals surface area contributed by atoms with Crippen molar-refractivity contribution in [2.24, 2.45) is 5.92 Å². The number of ether oxygens (including phenoxy) is 1. The lowest BCUT2D eigenvalue weighted by Crippen LogP contribution is -2.55. The van der Waals surface area contributed by atoms with E-state index in [9.17, 15) is 0 Å². The maximum atomic E-state index is 5.40. The van der Waals surface area contributed by atoms with Gasteiger partial charge in [-0.05, 0) is 31.8 Å². The summed E-state index contributed by atoms with van der Waals surface area (Å²) < 4.78 is 5.40. The molecule has 3 aliphatic rings. The zero-order valence-electron chi connectivity index (χ0n) is 12.6. The smallest absolute Gasteiger partial charge is 0.230 e. The van der Waals surface area contributed by atoms with E-state index in [2.05, 4.69) is 15.2 Å². The van der Waals surface area contributed by atoms with Crippen LogP contribution in [0.3, 0.4) is 0 Å². The van der Waals surface area contributed by atoms with Crippen LogP contribution in [0, 0.1) is 5.92 Å². The highest BCUT2D eigenvalue weighted by Crippen LogP contribution is 2.32. The first-order valence-corrected chi connectivity index (χ1v) is 8.15. The molecule has 4 rings (SSSR count). The molecule has 0 aliphatic carbocycles. The molecular weight excluding hydrogens is 272 g/mol. The average Bonchev–Trinajstić information content (AvgIpc) is 2.90. The fourth-order valence-corrected chi connectivity index (χ4v) is 4.11. The molecule has 3 saturated heterocycles. The Kier molecular flexibility index (Phi) is 4.14. The predicted molar refractivity (Wildman–Crippen MR) is 82.8 cm³/mol. The van der Waals surface area contributed by atoms with Crippen LogP contribution in [0.5, 0.6) is 5.88 Å². The number of anilines is 1. The lowest BCUT2D eigenvalue weighted by Gasteiger charge is -2.45. The Morgan fingerprint density at radius 3 is 2.70 bits per heavy atom. The highest BCUT2D eigenvalue weighted by Gasteiger charge is 2.33. The first-order valence-electron chi connectivity index (χ1n) is 7.34. The second kappa shape index (κ2) is 5.87. The minimum atomic E-state index is 0.632. The van der Waals surface area contributed by atoms with Crippen LogP contribution in [0.25, 0.3) is 0 Å². The van der Waals surface area contributed by atoms with Gasteiger partial charge in [0.05, 0.1) is 12.0 Å². The SMILES string of the molecule is COc1nc(N(C)C)sc1CNC1CN2CCC1CC2. The van der Waals surface area contributed by atoms with Gasteiger partial charge in [-0.25, -0.2) is 0 Å². The van der Waals surface area contributed by atoms with E-state index in [0.29, 0.717) is 6.04 Å². The first-order chi connectivity index (χ1) is 9.67. The Morgan fingerprint density at radius 1 is 1.40 bits per heavy atom. The van der Waals surface area contributed by atoms with E-state index >= 15 is 0 Å². The lowest BCUT2D eigenvalue weighted by atomic mass is 9.84. The second-order valence-corrected chi connectivity index (χ2v) is 7.01. The van der Waals surface area contributed by atoms with Crippen LogP contribution in [-0.2, 0) is 6.54 Å². The number of hydrogen-bond acceptors (Lipinski definition) is 6. The van der Waals surface area contributed by atoms with Crippen molar-refractivity contribution in [2.75, 3.05) is 45.7 Å². The van der Waals surface area contributed by atoms with Gasteiger partial charge in [-0.15, -0.1) is 0 Å². The van der Waals surface area contributed by atoms with Gasteiger partial charge in [-0.1, -0.05) is 11.3 Å². The van der Waals surface area contributed by atoms with Gasteiger partial charge in [0, 0.05) is 33.2 Å². The molecule has 5 nitrogen and oxygen atoms in total. The van der Waals surface area contributed by atoms with E-state index in [1.807, 2.05) is 19.0 Å². The lowest BCUT2D eigenvalue weighted by molar-refractivity contribution is 0.0720. The molecule has 0 radical (unpaired) electrons. The van der Waals surface area contributed by atoms with Gasteiger partial charge in [-0.2, -0.15) is 4.98 Å². The maximum absolute atomic E-state index is 5.40. The van der Waals surface area contributed by atoms with Crippen molar-refractivity contribution in [2.45, 2.75) is 25.4 Å². The summed E-state index contributed by atoms with van der Waals surface area (Å²) in [6.07, 6.45) is 2.70. The summed E-state index contributed by atoms with van der Waals surface area (Å²) in [6, 6.07) is 0.632. The number of aromatic nitrogens is 1. The first kappa shape index (κ1) is 14.1. The summed E-state index contributed by atoms with van der Waals surface area (Å²) >= 11 is 1.71. The summed E-state index contributed by atoms with van der Waals surface area (Å²) in [5, 5.41) is 4.73. The van der Waals surface area contributed by atoms with Gasteiger partial charge in [0.2, 0.25) is 5.88 Å². The van der Waals surface area contributed by atoms with Crippen molar-refractivity contribution in [3.63, 3.8) is 0 Å². The normalized spacial score (nSPS) is 28.6. The molecule has 0 saturated carbocycles. The van der Waals surface area contributed by atoms with E-state index in [1.165, 1.54) is 37.4 Å². The van der Waals surface area contributed by atoms with Crippen molar-refractivity contribution in [1.82, 2.24) is 15.2 Å². The molecule has 1 unspecified atom stereocenters. The average molecular weight is 296 g/mol. The minimum Gasteiger partial charge on any atom is -0.480 e. The largest absolute Gasteiger partial charge is 0.480 e. The summed E-state index contributed by atoms with van der Waals surface area (Å²) in [5.41, 5.74) is 0. The van der Waals surface area contributed by atoms with E-state index in [1.54, 1.807) is 18.4 Å². The fourth-order valence-electron chi connectivity index (χ4n) is 3.21. The molecule has 6 heteroatoms. The highest BCUT2D eigenvalue weighted by molar-refractivity contribution is 7.15. The Labute approximate surface area is 124 Å². The molecule has 3 fully saturated rings. The van der Waals surface area contributed by atoms with Crippen LogP contribution in [0.2, 0.25) is 0 Å². The molecule has 1 atom stereocenters. The molecule has 1 aromatic rings. The number of thiazole rings is 1. The number of methoxy groups -OCH3 is 1. The monoisotopic (exact) mass is 296 g/mol. The number of hydrogen-bond donors (Lipinski definition) is 1. The van der Waals surface area contributed by atoms with E-state index < -0.39 is 0 Å². The van der Waals surface area contributed by atoms with Gasteiger partial charge in [0.1, 0.15) is 0 Å². The standard InChI is InChI=1S/C14H24N4OS/c1-17(2)14-16-13(19-3)12(20-14)8-15-11-9-18-6-4-10(11)5-7-18/h10-11,15H,4-9H2,1-3H3. The maximum Gasteiger partial charge on any atom is 0.230 e. The zero-order valence-corrected chi connectivity index (χ0v) is 13.4. The fraction of sp³-hybridized carbons (Fsp3) is 0.786. The Morgan fingerprint density at radius 2 is 2.15 bits per heavy atom. The predicted octanol–water partition coefficient (Wildman–Crippen LogP) is 1.40. The number of nitrogens with one attached hydrogen (secondary N) is 1. The highest BCUT2D eigenvalue weighted by atomic mass is 32.1. The zero-order chi connectivity index (χ0) is 14.1. The van der Waals surface area contributed by atoms with E-state index in [4.69, 9.17) is 4.74 Å². The Balaban J connectivity index is 1.63. The molecule has 0 amide bonds. The van der Waals surface area contributed by atoms with Crippen LogP contribution in [0.4, 0.5) is 5.13 Å². The van der Waals surface area contributed by atoms with Gasteiger partial charge in [-0.3, -0.25) is 0 Å². The number of nitrogens with zero attached hydrogens (tertiary/aromatic N) is 3. The van der Waals surface area contributed by atoms with Crippen LogP contribution >= 0.6 is 11.3 Å². The molecule has 1 aromatic heterocycles. The van der Waals surface area contributed by atoms with Gasteiger partial charge in [0.15, 0.2) is 5.13 Å². The van der Waals surface area contributed by atoms with Crippen LogP contribution < -0.4 is 15.0 Å². The third kappa shape index (κ3) is 2.77. The van der Waals surface area contributed by atoms with Crippen LogP contribution in [-0.4, -0.2) is 56.8 Å². The van der Waals surface area contributed by atoms with Crippen molar-refractivity contribution in [3.8, 4) is 5.88 Å². The summed E-state index contributed by atoms with van der Waals surface area (Å²) in [5.74, 6) is 1.62. The number of piperidine rings is 3. The van der Waals surface area contributed by atoms with Gasteiger partial charge < -0.3 is 19.9 Å². The molecule has 112 valence electrons. The van der Waals surface area contributed by atoms with Gasteiger partial charge in [0.25, 0.3) is 0 Å². The van der Waals surface area contributed by atoms with Crippen molar-refractivity contribution in [1.29, 1.82) is 0 Å². The van der Waals surface area contributed by atoms with Crippen molar-refractivity contribution < 1.29 is 4.74 Å². The second-order valence-electron chi connectivity index (χ2n) is 5.95. The summed E-state index contributed by atoms with van der Waals surface area (Å²) in [7, 11) is 5.73. The Hall–Kier alpha value is -0.850. The third-order valence-corrected chi connectivity index (χ3v) is 5.61. The summed E-state index contributed by atoms with van der Waals surface area (Å²) in [6.45, 7) is 4.64. The van der Waals surface area contributed by atoms with Gasteiger partial charge >= 0.3 is 0 Å². The van der Waals surface area contributed by atoms with Crippen molar-refractivity contribution in [3.05, 3.63) is 4.88 Å². The molecule has 0 aromatic carbocycles. The van der Waals surface area contributed by atoms with Crippen molar-refractivity contribution >= 4 is 16.5 Å². The van der Waals surface area contributed by atoms with Crippen LogP contribution in [0.15, 0.2) is 0 Å². The molecule has 0 spiro atoms. The molecule has 1 N–H and O–H groups in total. The molecule has 3 aliphatic heterocycles. The number of fused-ring (bicyclic) bond motifs is 3. The molecular formula is C14H24N4OS. The molecule has 2 bridgehead atoms.